The van der Waals surface area contributed by atoms with Crippen LogP contribution in [0.5, 0.6) is 0 Å². The van der Waals surface area contributed by atoms with Crippen molar-refractivity contribution in [2.24, 2.45) is 5.92 Å². The number of piperidine rings is 1. The molecule has 0 unspecified atom stereocenters. The molecule has 2 N–H and O–H groups in total. The molecule has 27 heavy (non-hydrogen) atoms. The highest BCUT2D eigenvalue weighted by atomic mass is 16.3. The molecule has 1 amide bonds. The molecule has 1 aromatic heterocycles. The summed E-state index contributed by atoms with van der Waals surface area (Å²) >= 11 is 0. The molecule has 1 aliphatic carbocycles. The minimum atomic E-state index is -1.04. The van der Waals surface area contributed by atoms with Gasteiger partial charge in [0.25, 0.3) is 0 Å². The molecule has 2 aromatic rings. The molecule has 5 heteroatoms. The molecule has 1 saturated heterocycles. The van der Waals surface area contributed by atoms with Crippen LogP contribution in [-0.2, 0) is 10.4 Å². The van der Waals surface area contributed by atoms with Gasteiger partial charge in [0, 0.05) is 25.3 Å². The molecule has 2 aliphatic rings. The van der Waals surface area contributed by atoms with Crippen molar-refractivity contribution in [3.8, 4) is 0 Å². The number of nitrogens with one attached hydrogen (secondary N) is 1. The van der Waals surface area contributed by atoms with E-state index in [9.17, 15) is 9.90 Å². The number of carbonyl (C=O) groups excluding carboxylic acids is 1. The fourth-order valence-electron chi connectivity index (χ4n) is 4.09. The van der Waals surface area contributed by atoms with E-state index in [1.807, 2.05) is 54.7 Å². The van der Waals surface area contributed by atoms with Crippen molar-refractivity contribution < 1.29 is 9.90 Å². The van der Waals surface area contributed by atoms with Crippen LogP contribution in [0.3, 0.4) is 0 Å². The Morgan fingerprint density at radius 3 is 2.41 bits per heavy atom. The van der Waals surface area contributed by atoms with Gasteiger partial charge >= 0.3 is 0 Å². The van der Waals surface area contributed by atoms with Crippen LogP contribution in [-0.4, -0.2) is 35.1 Å². The summed E-state index contributed by atoms with van der Waals surface area (Å²) in [6.45, 7) is 1.76. The van der Waals surface area contributed by atoms with E-state index in [1.165, 1.54) is 0 Å². The van der Waals surface area contributed by atoms with Gasteiger partial charge in [0.05, 0.1) is 6.42 Å². The number of benzene rings is 1. The van der Waals surface area contributed by atoms with Crippen molar-refractivity contribution in [2.75, 3.05) is 18.0 Å². The Morgan fingerprint density at radius 1 is 1.07 bits per heavy atom. The van der Waals surface area contributed by atoms with E-state index >= 15 is 0 Å². The van der Waals surface area contributed by atoms with Gasteiger partial charge in [-0.25, -0.2) is 4.98 Å². The summed E-state index contributed by atoms with van der Waals surface area (Å²) in [5, 5.41) is 14.4. The molecular weight excluding hydrogens is 338 g/mol. The van der Waals surface area contributed by atoms with Crippen LogP contribution < -0.4 is 10.2 Å². The highest BCUT2D eigenvalue weighted by Crippen LogP contribution is 2.47. The van der Waals surface area contributed by atoms with Gasteiger partial charge in [0.15, 0.2) is 0 Å². The van der Waals surface area contributed by atoms with Gasteiger partial charge in [-0.3, -0.25) is 4.79 Å². The Balaban J connectivity index is 1.33. The lowest BCUT2D eigenvalue weighted by Gasteiger charge is -2.34. The second-order valence-corrected chi connectivity index (χ2v) is 7.76. The normalized spacial score (nSPS) is 20.1. The van der Waals surface area contributed by atoms with Crippen LogP contribution in [0.15, 0.2) is 54.7 Å². The maximum Gasteiger partial charge on any atom is 0.223 e. The highest BCUT2D eigenvalue weighted by molar-refractivity contribution is 5.77. The van der Waals surface area contributed by atoms with E-state index in [0.717, 1.165) is 50.2 Å². The van der Waals surface area contributed by atoms with E-state index in [-0.39, 0.29) is 24.3 Å². The second-order valence-electron chi connectivity index (χ2n) is 7.76. The van der Waals surface area contributed by atoms with E-state index in [0.29, 0.717) is 0 Å². The number of aromatic nitrogens is 1. The minimum Gasteiger partial charge on any atom is -0.384 e. The maximum atomic E-state index is 12.7. The van der Waals surface area contributed by atoms with Gasteiger partial charge in [-0.15, -0.1) is 0 Å². The molecule has 0 radical (unpaired) electrons. The average molecular weight is 365 g/mol. The van der Waals surface area contributed by atoms with Gasteiger partial charge in [-0.05, 0) is 49.3 Å². The average Bonchev–Trinajstić information content (AvgIpc) is 3.56. The van der Waals surface area contributed by atoms with E-state index in [2.05, 4.69) is 15.2 Å². The first-order valence-electron chi connectivity index (χ1n) is 9.88. The van der Waals surface area contributed by atoms with E-state index in [4.69, 9.17) is 0 Å². The zero-order valence-electron chi connectivity index (χ0n) is 15.6. The molecule has 0 bridgehead atoms. The van der Waals surface area contributed by atoms with Gasteiger partial charge in [-0.1, -0.05) is 36.4 Å². The maximum absolute atomic E-state index is 12.7. The first-order chi connectivity index (χ1) is 13.1. The van der Waals surface area contributed by atoms with Crippen molar-refractivity contribution in [3.05, 3.63) is 60.3 Å². The first kappa shape index (κ1) is 18.0. The summed E-state index contributed by atoms with van der Waals surface area (Å²) in [4.78, 5) is 19.3. The Morgan fingerprint density at radius 2 is 1.78 bits per heavy atom. The van der Waals surface area contributed by atoms with Crippen molar-refractivity contribution in [2.45, 2.75) is 43.7 Å². The predicted octanol–water partition coefficient (Wildman–Crippen LogP) is 2.85. The number of rotatable bonds is 6. The highest BCUT2D eigenvalue weighted by Gasteiger charge is 2.46. The summed E-state index contributed by atoms with van der Waals surface area (Å²) in [6.07, 6.45) is 5.72. The summed E-state index contributed by atoms with van der Waals surface area (Å²) in [6, 6.07) is 15.7. The van der Waals surface area contributed by atoms with Gasteiger partial charge < -0.3 is 15.3 Å². The molecule has 1 aromatic carbocycles. The standard InChI is InChI=1S/C22H27N3O2/c26-21(16-22(27,18-9-10-18)17-6-2-1-3-7-17)24-19-11-14-25(15-12-19)20-8-4-5-13-23-20/h1-8,13,18-19,27H,9-12,14-16H2,(H,24,26)/t22-/m0/s1. The van der Waals surface area contributed by atoms with Gasteiger partial charge in [-0.2, -0.15) is 0 Å². The van der Waals surface area contributed by atoms with E-state index in [1.54, 1.807) is 0 Å². The fraction of sp³-hybridized carbons (Fsp3) is 0.455. The third-order valence-corrected chi connectivity index (χ3v) is 5.79. The Kier molecular flexibility index (Phi) is 5.12. The lowest BCUT2D eigenvalue weighted by atomic mass is 9.85. The Labute approximate surface area is 160 Å². The molecule has 2 heterocycles. The number of aliphatic hydroxyl groups is 1. The number of carbonyl (C=O) groups is 1. The van der Waals surface area contributed by atoms with E-state index < -0.39 is 5.60 Å². The first-order valence-corrected chi connectivity index (χ1v) is 9.88. The van der Waals surface area contributed by atoms with Crippen LogP contribution in [0.1, 0.15) is 37.7 Å². The SMILES string of the molecule is O=C(C[C@](O)(c1ccccc1)C1CC1)NC1CCN(c2ccccn2)CC1. The largest absolute Gasteiger partial charge is 0.384 e. The third-order valence-electron chi connectivity index (χ3n) is 5.79. The molecule has 1 atom stereocenters. The monoisotopic (exact) mass is 365 g/mol. The molecule has 2 fully saturated rings. The molecule has 5 nitrogen and oxygen atoms in total. The number of amides is 1. The Bertz CT molecular complexity index is 756. The van der Waals surface area contributed by atoms with Crippen LogP contribution in [0, 0.1) is 5.92 Å². The van der Waals surface area contributed by atoms with Crippen molar-refractivity contribution >= 4 is 11.7 Å². The third kappa shape index (κ3) is 4.14. The molecule has 1 saturated carbocycles. The summed E-state index contributed by atoms with van der Waals surface area (Å²) < 4.78 is 0. The van der Waals surface area contributed by atoms with Crippen molar-refractivity contribution in [1.82, 2.24) is 10.3 Å². The van der Waals surface area contributed by atoms with Gasteiger partial charge in [0.1, 0.15) is 11.4 Å². The number of anilines is 1. The topological polar surface area (TPSA) is 65.5 Å². The van der Waals surface area contributed by atoms with Crippen LogP contribution in [0.25, 0.3) is 0 Å². The summed E-state index contributed by atoms with van der Waals surface area (Å²) in [5.74, 6) is 1.13. The van der Waals surface area contributed by atoms with Crippen molar-refractivity contribution in [3.63, 3.8) is 0 Å². The fourth-order valence-corrected chi connectivity index (χ4v) is 4.09. The number of hydrogen-bond donors (Lipinski definition) is 2. The molecule has 1 aliphatic heterocycles. The number of hydrogen-bond acceptors (Lipinski definition) is 4. The molecule has 4 rings (SSSR count). The predicted molar refractivity (Wildman–Crippen MR) is 105 cm³/mol. The molecule has 142 valence electrons. The Hall–Kier alpha value is -2.40. The minimum absolute atomic E-state index is 0.0514. The van der Waals surface area contributed by atoms with Crippen LogP contribution in [0.4, 0.5) is 5.82 Å². The van der Waals surface area contributed by atoms with Crippen LogP contribution in [0.2, 0.25) is 0 Å². The summed E-state index contributed by atoms with van der Waals surface area (Å²) in [7, 11) is 0. The zero-order chi connectivity index (χ0) is 18.7. The number of pyridine rings is 1. The van der Waals surface area contributed by atoms with Crippen molar-refractivity contribution in [1.29, 1.82) is 0 Å². The lowest BCUT2D eigenvalue weighted by Crippen LogP contribution is -2.46. The lowest BCUT2D eigenvalue weighted by molar-refractivity contribution is -0.128. The zero-order valence-corrected chi connectivity index (χ0v) is 15.6. The summed E-state index contributed by atoms with van der Waals surface area (Å²) in [5.41, 5.74) is -0.187. The quantitative estimate of drug-likeness (QED) is 0.826. The molecular formula is C22H27N3O2. The molecule has 0 spiro atoms. The van der Waals surface area contributed by atoms with Crippen LogP contribution >= 0.6 is 0 Å². The smallest absolute Gasteiger partial charge is 0.223 e. The van der Waals surface area contributed by atoms with Gasteiger partial charge in [0.2, 0.25) is 5.91 Å². The number of nitrogens with zero attached hydrogens (tertiary/aromatic N) is 2. The second kappa shape index (κ2) is 7.69.